The highest BCUT2D eigenvalue weighted by molar-refractivity contribution is 9.12. The van der Waals surface area contributed by atoms with Gasteiger partial charge in [-0.2, -0.15) is 0 Å². The van der Waals surface area contributed by atoms with Gasteiger partial charge in [-0.3, -0.25) is 5.32 Å². The molecule has 0 fully saturated rings. The van der Waals surface area contributed by atoms with Gasteiger partial charge in [-0.1, -0.05) is 52.3 Å². The molecule has 0 radical (unpaired) electrons. The van der Waals surface area contributed by atoms with Crippen molar-refractivity contribution in [3.63, 3.8) is 0 Å². The third kappa shape index (κ3) is 1.66. The molecule has 4 rings (SSSR count). The summed E-state index contributed by atoms with van der Waals surface area (Å²) in [5.74, 6) is 0. The Hall–Kier alpha value is -1.38. The summed E-state index contributed by atoms with van der Waals surface area (Å²) in [7, 11) is 0. The standard InChI is InChI=1S/C19H18BrN/c1-12-11-18(2,3)21-19-14(12)8-9-17(20)16(19)10-13-6-4-5-7-15(13)19/h4-11,21H,1-3H3. The zero-order valence-electron chi connectivity index (χ0n) is 12.5. The van der Waals surface area contributed by atoms with Crippen molar-refractivity contribution in [3.05, 3.63) is 74.8 Å². The number of allylic oxidation sites excluding steroid dienone is 2. The van der Waals surface area contributed by atoms with Crippen molar-refractivity contribution >= 4 is 22.0 Å². The van der Waals surface area contributed by atoms with E-state index in [1.54, 1.807) is 0 Å². The summed E-state index contributed by atoms with van der Waals surface area (Å²) in [6, 6.07) is 8.70. The Morgan fingerprint density at radius 1 is 1.05 bits per heavy atom. The van der Waals surface area contributed by atoms with Gasteiger partial charge in [0.1, 0.15) is 0 Å². The first kappa shape index (κ1) is 13.3. The lowest BCUT2D eigenvalue weighted by Crippen LogP contribution is -2.57. The molecule has 106 valence electrons. The predicted octanol–water partition coefficient (Wildman–Crippen LogP) is 4.83. The van der Waals surface area contributed by atoms with Crippen LogP contribution < -0.4 is 5.32 Å². The van der Waals surface area contributed by atoms with E-state index in [2.05, 4.69) is 90.6 Å². The van der Waals surface area contributed by atoms with Gasteiger partial charge in [0.2, 0.25) is 0 Å². The SMILES string of the molecule is CC1=CC(C)(C)NC23C1=CC=C(Br)C2=Cc1ccccc13. The van der Waals surface area contributed by atoms with E-state index < -0.39 is 0 Å². The van der Waals surface area contributed by atoms with E-state index in [1.165, 1.54) is 32.3 Å². The van der Waals surface area contributed by atoms with E-state index in [-0.39, 0.29) is 11.1 Å². The van der Waals surface area contributed by atoms with Crippen molar-refractivity contribution in [1.82, 2.24) is 5.32 Å². The molecule has 0 bridgehead atoms. The van der Waals surface area contributed by atoms with Crippen LogP contribution in [0.4, 0.5) is 0 Å². The minimum Gasteiger partial charge on any atom is -0.291 e. The fourth-order valence-electron chi connectivity index (χ4n) is 4.05. The van der Waals surface area contributed by atoms with Crippen LogP contribution in [0, 0.1) is 0 Å². The number of rotatable bonds is 0. The Balaban J connectivity index is 2.08. The normalized spacial score (nSPS) is 28.6. The highest BCUT2D eigenvalue weighted by Gasteiger charge is 2.51. The summed E-state index contributed by atoms with van der Waals surface area (Å²) in [5.41, 5.74) is 6.45. The molecule has 1 unspecified atom stereocenters. The molecule has 3 aliphatic rings. The zero-order valence-corrected chi connectivity index (χ0v) is 14.1. The molecule has 0 aromatic heterocycles. The molecule has 0 saturated heterocycles. The van der Waals surface area contributed by atoms with Crippen molar-refractivity contribution in [2.75, 3.05) is 0 Å². The van der Waals surface area contributed by atoms with Crippen LogP contribution in [-0.2, 0) is 5.54 Å². The molecule has 2 heteroatoms. The Labute approximate surface area is 134 Å². The van der Waals surface area contributed by atoms with E-state index in [0.29, 0.717) is 0 Å². The second-order valence-electron chi connectivity index (χ2n) is 6.66. The Morgan fingerprint density at radius 3 is 2.62 bits per heavy atom. The molecule has 0 amide bonds. The molecule has 0 saturated carbocycles. The van der Waals surface area contributed by atoms with Crippen LogP contribution in [0.2, 0.25) is 0 Å². The molecule has 21 heavy (non-hydrogen) atoms. The molecule has 1 atom stereocenters. The summed E-state index contributed by atoms with van der Waals surface area (Å²) >= 11 is 3.76. The summed E-state index contributed by atoms with van der Waals surface area (Å²) in [5, 5.41) is 3.90. The molecule has 1 aliphatic heterocycles. The third-order valence-corrected chi connectivity index (χ3v) is 5.33. The number of hydrogen-bond acceptors (Lipinski definition) is 1. The Kier molecular flexibility index (Phi) is 2.59. The number of nitrogens with one attached hydrogen (secondary N) is 1. The van der Waals surface area contributed by atoms with Gasteiger partial charge in [0.05, 0.1) is 5.54 Å². The molecule has 1 aromatic carbocycles. The van der Waals surface area contributed by atoms with Crippen LogP contribution in [0.1, 0.15) is 31.9 Å². The second kappa shape index (κ2) is 4.08. The van der Waals surface area contributed by atoms with E-state index in [0.717, 1.165) is 0 Å². The van der Waals surface area contributed by atoms with Gasteiger partial charge in [-0.15, -0.1) is 0 Å². The average Bonchev–Trinajstić information content (AvgIpc) is 2.73. The molecule has 1 N–H and O–H groups in total. The van der Waals surface area contributed by atoms with Gasteiger partial charge < -0.3 is 0 Å². The highest BCUT2D eigenvalue weighted by Crippen LogP contribution is 2.55. The minimum atomic E-state index is -0.216. The number of halogens is 1. The van der Waals surface area contributed by atoms with Gasteiger partial charge in [0.15, 0.2) is 0 Å². The maximum Gasteiger partial charge on any atom is 0.0973 e. The van der Waals surface area contributed by atoms with Crippen LogP contribution in [0.3, 0.4) is 0 Å². The van der Waals surface area contributed by atoms with Crippen molar-refractivity contribution in [2.45, 2.75) is 31.8 Å². The van der Waals surface area contributed by atoms with Crippen molar-refractivity contribution in [2.24, 2.45) is 0 Å². The van der Waals surface area contributed by atoms with Gasteiger partial charge in [-0.25, -0.2) is 0 Å². The maximum absolute atomic E-state index is 3.90. The minimum absolute atomic E-state index is 0.0391. The number of fused-ring (bicyclic) bond motifs is 1. The van der Waals surface area contributed by atoms with Crippen molar-refractivity contribution < 1.29 is 0 Å². The average molecular weight is 340 g/mol. The number of hydrogen-bond donors (Lipinski definition) is 1. The van der Waals surface area contributed by atoms with E-state index in [9.17, 15) is 0 Å². The van der Waals surface area contributed by atoms with Crippen LogP contribution in [0.25, 0.3) is 6.08 Å². The van der Waals surface area contributed by atoms with Gasteiger partial charge in [0.25, 0.3) is 0 Å². The predicted molar refractivity (Wildman–Crippen MR) is 92.2 cm³/mol. The van der Waals surface area contributed by atoms with Crippen LogP contribution >= 0.6 is 15.9 Å². The molecule has 2 aliphatic carbocycles. The lowest BCUT2D eigenvalue weighted by Gasteiger charge is -2.48. The quantitative estimate of drug-likeness (QED) is 0.714. The first-order valence-electron chi connectivity index (χ1n) is 7.33. The van der Waals surface area contributed by atoms with Crippen molar-refractivity contribution in [3.8, 4) is 0 Å². The number of benzene rings is 1. The topological polar surface area (TPSA) is 12.0 Å². The maximum atomic E-state index is 3.90. The lowest BCUT2D eigenvalue weighted by atomic mass is 9.69. The first-order valence-corrected chi connectivity index (χ1v) is 8.12. The molecular formula is C19H18BrN. The van der Waals surface area contributed by atoms with Gasteiger partial charge >= 0.3 is 0 Å². The van der Waals surface area contributed by atoms with Crippen molar-refractivity contribution in [1.29, 1.82) is 0 Å². The van der Waals surface area contributed by atoms with E-state index in [1.807, 2.05) is 0 Å². The van der Waals surface area contributed by atoms with E-state index in [4.69, 9.17) is 0 Å². The Bertz CT molecular complexity index is 777. The molecule has 1 heterocycles. The zero-order chi connectivity index (χ0) is 14.8. The fourth-order valence-corrected chi connectivity index (χ4v) is 4.59. The summed E-state index contributed by atoms with van der Waals surface area (Å²) in [4.78, 5) is 0. The highest BCUT2D eigenvalue weighted by atomic mass is 79.9. The van der Waals surface area contributed by atoms with Gasteiger partial charge in [0, 0.05) is 10.0 Å². The Morgan fingerprint density at radius 2 is 1.81 bits per heavy atom. The molecule has 1 nitrogen and oxygen atoms in total. The van der Waals surface area contributed by atoms with E-state index >= 15 is 0 Å². The second-order valence-corrected chi connectivity index (χ2v) is 7.52. The summed E-state index contributed by atoms with van der Waals surface area (Å²) in [6.45, 7) is 6.71. The smallest absolute Gasteiger partial charge is 0.0973 e. The van der Waals surface area contributed by atoms with Crippen LogP contribution in [0.5, 0.6) is 0 Å². The lowest BCUT2D eigenvalue weighted by molar-refractivity contribution is 0.340. The largest absolute Gasteiger partial charge is 0.291 e. The van der Waals surface area contributed by atoms with Crippen LogP contribution in [-0.4, -0.2) is 5.54 Å². The van der Waals surface area contributed by atoms with Crippen LogP contribution in [0.15, 0.2) is 63.7 Å². The first-order chi connectivity index (χ1) is 9.94. The van der Waals surface area contributed by atoms with Gasteiger partial charge in [-0.05, 0) is 60.8 Å². The molecular weight excluding hydrogens is 322 g/mol. The monoisotopic (exact) mass is 339 g/mol. The molecule has 1 spiro atoms. The summed E-state index contributed by atoms with van der Waals surface area (Å²) < 4.78 is 1.17. The molecule has 1 aromatic rings. The fraction of sp³-hybridized carbons (Fsp3) is 0.263. The summed E-state index contributed by atoms with van der Waals surface area (Å²) in [6.07, 6.45) is 9.06. The third-order valence-electron chi connectivity index (χ3n) is 4.64.